The Morgan fingerprint density at radius 1 is 1.33 bits per heavy atom. The molecule has 5 nitrogen and oxygen atoms in total. The van der Waals surface area contributed by atoms with Crippen LogP contribution in [0, 0.1) is 12.8 Å². The average Bonchev–Trinajstić information content (AvgIpc) is 2.87. The fourth-order valence-corrected chi connectivity index (χ4v) is 3.35. The van der Waals surface area contributed by atoms with Crippen molar-refractivity contribution in [3.05, 3.63) is 45.5 Å². The fraction of sp³-hybridized carbons (Fsp3) is 0.500. The van der Waals surface area contributed by atoms with Crippen LogP contribution in [-0.2, 0) is 17.8 Å². The zero-order valence-electron chi connectivity index (χ0n) is 16.0. The number of aromatic nitrogens is 2. The molecule has 1 heterocycles. The Hall–Kier alpha value is -1.72. The van der Waals surface area contributed by atoms with E-state index in [1.54, 1.807) is 6.92 Å². The number of carbonyl (C=O) groups is 1. The second-order valence-corrected chi connectivity index (χ2v) is 7.50. The highest BCUT2D eigenvalue weighted by atomic mass is 35.5. The Labute approximate surface area is 170 Å². The highest BCUT2D eigenvalue weighted by Gasteiger charge is 2.20. The molecule has 0 spiro atoms. The summed E-state index contributed by atoms with van der Waals surface area (Å²) in [4.78, 5) is 15.5. The number of carboxylic acids is 1. The molecule has 1 N–H and O–H groups in total. The lowest BCUT2D eigenvalue weighted by Crippen LogP contribution is -2.16. The Bertz CT molecular complexity index is 790. The van der Waals surface area contributed by atoms with E-state index in [1.807, 2.05) is 29.7 Å². The number of halogens is 2. The third-order valence-electron chi connectivity index (χ3n) is 4.51. The number of benzene rings is 1. The van der Waals surface area contributed by atoms with E-state index in [9.17, 15) is 9.90 Å². The molecule has 0 aliphatic carbocycles. The number of ether oxygens (including phenoxy) is 1. The van der Waals surface area contributed by atoms with Crippen LogP contribution in [0.3, 0.4) is 0 Å². The number of rotatable bonds is 10. The lowest BCUT2D eigenvalue weighted by molar-refractivity contribution is -0.141. The molecule has 0 saturated heterocycles. The Balaban J connectivity index is 2.16. The SMILES string of the molecule is CCCCCOc1ccc(Cn2c(C)nc(Cl)c2CC(C)C(=O)O)c(Cl)c1. The topological polar surface area (TPSA) is 64.4 Å². The normalized spacial score (nSPS) is 12.2. The van der Waals surface area contributed by atoms with Gasteiger partial charge >= 0.3 is 5.97 Å². The quantitative estimate of drug-likeness (QED) is 0.532. The predicted molar refractivity (Wildman–Crippen MR) is 108 cm³/mol. The summed E-state index contributed by atoms with van der Waals surface area (Å²) in [6.45, 7) is 6.81. The number of imidazole rings is 1. The van der Waals surface area contributed by atoms with E-state index in [1.165, 1.54) is 0 Å². The third kappa shape index (κ3) is 5.88. The van der Waals surface area contributed by atoms with E-state index in [-0.39, 0.29) is 0 Å². The molecule has 27 heavy (non-hydrogen) atoms. The molecule has 2 rings (SSSR count). The minimum Gasteiger partial charge on any atom is -0.494 e. The molecule has 1 aromatic heterocycles. The molecule has 148 valence electrons. The summed E-state index contributed by atoms with van der Waals surface area (Å²) < 4.78 is 7.66. The van der Waals surface area contributed by atoms with Gasteiger partial charge in [-0.1, -0.05) is 56.0 Å². The van der Waals surface area contributed by atoms with Gasteiger partial charge in [-0.2, -0.15) is 0 Å². The summed E-state index contributed by atoms with van der Waals surface area (Å²) in [6, 6.07) is 5.64. The van der Waals surface area contributed by atoms with Crippen LogP contribution >= 0.6 is 23.2 Å². The largest absolute Gasteiger partial charge is 0.494 e. The van der Waals surface area contributed by atoms with Crippen molar-refractivity contribution in [3.63, 3.8) is 0 Å². The maximum Gasteiger partial charge on any atom is 0.306 e. The predicted octanol–water partition coefficient (Wildman–Crippen LogP) is 5.38. The molecule has 2 aromatic rings. The Morgan fingerprint density at radius 2 is 2.07 bits per heavy atom. The van der Waals surface area contributed by atoms with Gasteiger partial charge in [-0.15, -0.1) is 0 Å². The maximum atomic E-state index is 11.2. The van der Waals surface area contributed by atoms with Crippen molar-refractivity contribution in [2.24, 2.45) is 5.92 Å². The van der Waals surface area contributed by atoms with Crippen LogP contribution in [0.25, 0.3) is 0 Å². The zero-order chi connectivity index (χ0) is 20.0. The third-order valence-corrected chi connectivity index (χ3v) is 5.16. The van der Waals surface area contributed by atoms with E-state index < -0.39 is 11.9 Å². The van der Waals surface area contributed by atoms with Gasteiger partial charge in [0, 0.05) is 11.4 Å². The number of unbranched alkanes of at least 4 members (excludes halogenated alkanes) is 2. The number of hydrogen-bond acceptors (Lipinski definition) is 3. The molecule has 7 heteroatoms. The van der Waals surface area contributed by atoms with Gasteiger partial charge in [0.05, 0.1) is 24.8 Å². The maximum absolute atomic E-state index is 11.2. The molecule has 1 aromatic carbocycles. The fourth-order valence-electron chi connectivity index (χ4n) is 2.81. The van der Waals surface area contributed by atoms with Crippen LogP contribution in [0.15, 0.2) is 18.2 Å². The first-order valence-electron chi connectivity index (χ1n) is 9.19. The summed E-state index contributed by atoms with van der Waals surface area (Å²) in [5, 5.41) is 10.1. The Morgan fingerprint density at radius 3 is 2.70 bits per heavy atom. The van der Waals surface area contributed by atoms with Gasteiger partial charge in [0.2, 0.25) is 0 Å². The van der Waals surface area contributed by atoms with Crippen molar-refractivity contribution in [1.29, 1.82) is 0 Å². The minimum absolute atomic E-state index is 0.311. The summed E-state index contributed by atoms with van der Waals surface area (Å²) in [5.74, 6) is 0.0642. The van der Waals surface area contributed by atoms with Crippen molar-refractivity contribution in [2.45, 2.75) is 53.0 Å². The number of carboxylic acid groups (broad SMARTS) is 1. The van der Waals surface area contributed by atoms with Gasteiger partial charge < -0.3 is 14.4 Å². The summed E-state index contributed by atoms with van der Waals surface area (Å²) in [5.41, 5.74) is 1.61. The number of nitrogens with zero attached hydrogens (tertiary/aromatic N) is 2. The van der Waals surface area contributed by atoms with Crippen molar-refractivity contribution in [1.82, 2.24) is 9.55 Å². The van der Waals surface area contributed by atoms with Crippen LogP contribution in [0.1, 0.15) is 50.2 Å². The van der Waals surface area contributed by atoms with Crippen LogP contribution in [-0.4, -0.2) is 27.2 Å². The van der Waals surface area contributed by atoms with E-state index in [4.69, 9.17) is 27.9 Å². The first-order chi connectivity index (χ1) is 12.8. The lowest BCUT2D eigenvalue weighted by Gasteiger charge is -2.14. The second kappa shape index (κ2) is 10.00. The molecule has 1 unspecified atom stereocenters. The first kappa shape index (κ1) is 21.6. The van der Waals surface area contributed by atoms with Crippen molar-refractivity contribution < 1.29 is 14.6 Å². The molecular weight excluding hydrogens is 387 g/mol. The number of aryl methyl sites for hydroxylation is 1. The van der Waals surface area contributed by atoms with Gasteiger partial charge in [-0.3, -0.25) is 4.79 Å². The molecule has 0 bridgehead atoms. The van der Waals surface area contributed by atoms with Crippen molar-refractivity contribution in [2.75, 3.05) is 6.61 Å². The molecular formula is C20H26Cl2N2O3. The van der Waals surface area contributed by atoms with Gasteiger partial charge in [0.1, 0.15) is 11.6 Å². The van der Waals surface area contributed by atoms with Crippen LogP contribution in [0.5, 0.6) is 5.75 Å². The number of aliphatic carboxylic acids is 1. The van der Waals surface area contributed by atoms with E-state index in [0.29, 0.717) is 35.4 Å². The molecule has 0 radical (unpaired) electrons. The monoisotopic (exact) mass is 412 g/mol. The molecule has 1 atom stereocenters. The smallest absolute Gasteiger partial charge is 0.306 e. The van der Waals surface area contributed by atoms with E-state index in [2.05, 4.69) is 11.9 Å². The first-order valence-corrected chi connectivity index (χ1v) is 9.94. The standard InChI is InChI=1S/C20H26Cl2N2O3/c1-4-5-6-9-27-16-8-7-15(17(21)11-16)12-24-14(3)23-19(22)18(24)10-13(2)20(25)26/h7-8,11,13H,4-6,9-10,12H2,1-3H3,(H,25,26). The summed E-state index contributed by atoms with van der Waals surface area (Å²) >= 11 is 12.7. The molecule has 0 aliphatic rings. The van der Waals surface area contributed by atoms with Crippen LogP contribution in [0.2, 0.25) is 10.2 Å². The zero-order valence-corrected chi connectivity index (χ0v) is 17.5. The van der Waals surface area contributed by atoms with Gasteiger partial charge in [0.25, 0.3) is 0 Å². The van der Waals surface area contributed by atoms with E-state index >= 15 is 0 Å². The molecule has 0 saturated carbocycles. The lowest BCUT2D eigenvalue weighted by atomic mass is 10.1. The number of hydrogen-bond donors (Lipinski definition) is 1. The summed E-state index contributed by atoms with van der Waals surface area (Å²) in [6.07, 6.45) is 3.63. The summed E-state index contributed by atoms with van der Waals surface area (Å²) in [7, 11) is 0. The van der Waals surface area contributed by atoms with Crippen LogP contribution < -0.4 is 4.74 Å². The van der Waals surface area contributed by atoms with Crippen LogP contribution in [0.4, 0.5) is 0 Å². The van der Waals surface area contributed by atoms with Gasteiger partial charge in [-0.25, -0.2) is 4.98 Å². The second-order valence-electron chi connectivity index (χ2n) is 6.73. The van der Waals surface area contributed by atoms with Crippen molar-refractivity contribution in [3.8, 4) is 5.75 Å². The molecule has 0 aliphatic heterocycles. The highest BCUT2D eigenvalue weighted by molar-refractivity contribution is 6.31. The minimum atomic E-state index is -0.862. The van der Waals surface area contributed by atoms with Gasteiger partial charge in [0.15, 0.2) is 5.15 Å². The highest BCUT2D eigenvalue weighted by Crippen LogP contribution is 2.27. The van der Waals surface area contributed by atoms with E-state index in [0.717, 1.165) is 36.4 Å². The van der Waals surface area contributed by atoms with Gasteiger partial charge in [-0.05, 0) is 31.0 Å². The average molecular weight is 413 g/mol. The molecule has 0 fully saturated rings. The van der Waals surface area contributed by atoms with Crippen molar-refractivity contribution >= 4 is 29.2 Å². The molecule has 0 amide bonds. The Kier molecular flexibility index (Phi) is 7.99.